The largest absolute Gasteiger partial charge is 0.472 e. The number of aliphatic hydroxyl groups is 1. The molecule has 0 aromatic rings. The fraction of sp³-hybridized carbons (Fsp3) is 0.947. The molecule has 558 valence electrons. The zero-order chi connectivity index (χ0) is 69.6. The first kappa shape index (κ1) is 92.1. The zero-order valence-electron chi connectivity index (χ0n) is 61.6. The fourth-order valence-corrected chi connectivity index (χ4v) is 12.9. The van der Waals surface area contributed by atoms with Crippen LogP contribution in [0.4, 0.5) is 0 Å². The molecule has 3 N–H and O–H groups in total. The molecule has 0 spiro atoms. The Balaban J connectivity index is 5.09. The highest BCUT2D eigenvalue weighted by Gasteiger charge is 2.30. The predicted molar refractivity (Wildman–Crippen MR) is 381 cm³/mol. The van der Waals surface area contributed by atoms with Gasteiger partial charge in [-0.3, -0.25) is 37.3 Å². The minimum atomic E-state index is -4.95. The van der Waals surface area contributed by atoms with E-state index in [4.69, 9.17) is 37.0 Å². The summed E-state index contributed by atoms with van der Waals surface area (Å²) in [7, 11) is -9.91. The molecule has 0 aliphatic heterocycles. The topological polar surface area (TPSA) is 237 Å². The number of hydrogen-bond donors (Lipinski definition) is 3. The van der Waals surface area contributed by atoms with Crippen molar-refractivity contribution in [2.45, 2.75) is 395 Å². The Morgan fingerprint density at radius 3 is 0.755 bits per heavy atom. The Bertz CT molecular complexity index is 1850. The molecule has 0 bridgehead atoms. The van der Waals surface area contributed by atoms with Crippen LogP contribution in [0.3, 0.4) is 0 Å². The molecule has 17 nitrogen and oxygen atoms in total. The third kappa shape index (κ3) is 67.3. The number of esters is 4. The van der Waals surface area contributed by atoms with Gasteiger partial charge in [0.2, 0.25) is 0 Å². The van der Waals surface area contributed by atoms with Crippen molar-refractivity contribution in [2.75, 3.05) is 39.6 Å². The van der Waals surface area contributed by atoms with Gasteiger partial charge in [-0.05, 0) is 49.4 Å². The summed E-state index contributed by atoms with van der Waals surface area (Å²) in [5.41, 5.74) is 0. The summed E-state index contributed by atoms with van der Waals surface area (Å²) in [4.78, 5) is 72.6. The number of unbranched alkanes of at least 4 members (excludes halogenated alkanes) is 37. The minimum absolute atomic E-state index is 0.102. The Morgan fingerprint density at radius 1 is 0.298 bits per heavy atom. The monoisotopic (exact) mass is 1380 g/mol. The normalized spacial score (nSPS) is 14.4. The highest BCUT2D eigenvalue weighted by Crippen LogP contribution is 2.45. The zero-order valence-corrected chi connectivity index (χ0v) is 63.4. The molecule has 0 aliphatic carbocycles. The van der Waals surface area contributed by atoms with Crippen molar-refractivity contribution in [1.82, 2.24) is 0 Å². The second-order valence-electron chi connectivity index (χ2n) is 28.7. The van der Waals surface area contributed by atoms with Gasteiger partial charge in [-0.1, -0.05) is 325 Å². The van der Waals surface area contributed by atoms with Gasteiger partial charge in [0.1, 0.15) is 19.3 Å². The van der Waals surface area contributed by atoms with Crippen molar-refractivity contribution in [3.63, 3.8) is 0 Å². The number of carbonyl (C=O) groups is 4. The van der Waals surface area contributed by atoms with Crippen molar-refractivity contribution in [2.24, 2.45) is 23.7 Å². The van der Waals surface area contributed by atoms with E-state index in [-0.39, 0.29) is 25.7 Å². The van der Waals surface area contributed by atoms with Crippen LogP contribution in [-0.2, 0) is 65.4 Å². The van der Waals surface area contributed by atoms with Crippen LogP contribution >= 0.6 is 15.6 Å². The van der Waals surface area contributed by atoms with E-state index in [1.807, 2.05) is 0 Å². The van der Waals surface area contributed by atoms with E-state index in [1.165, 1.54) is 173 Å². The van der Waals surface area contributed by atoms with E-state index in [2.05, 4.69) is 55.4 Å². The Labute approximate surface area is 575 Å². The molecule has 0 aromatic heterocycles. The van der Waals surface area contributed by atoms with Crippen LogP contribution in [0, 0.1) is 23.7 Å². The molecule has 0 fully saturated rings. The fourth-order valence-electron chi connectivity index (χ4n) is 11.3. The molecule has 0 amide bonds. The van der Waals surface area contributed by atoms with E-state index in [9.17, 15) is 43.2 Å². The van der Waals surface area contributed by atoms with Crippen molar-refractivity contribution in [1.29, 1.82) is 0 Å². The highest BCUT2D eigenvalue weighted by molar-refractivity contribution is 7.47. The molecule has 0 heterocycles. The number of ether oxygens (including phenoxy) is 4. The standard InChI is InChI=1S/C75H146O17P2/c1-9-68(8)54-46-38-28-24-20-16-14-12-10-11-13-15-17-21-25-29-39-47-55-72(77)85-61-71(92-75(80)58-50-42-34-32-37-45-53-67(6)7)64-90-94(83,84)88-60-69(76)59-87-93(81,82)89-63-70(62-86-73(78)56-48-40-33-31-36-44-52-66(4)5)91-74(79)57-49-41-30-26-22-18-19-23-27-35-43-51-65(2)3/h65-71,76H,9-64H2,1-8H3,(H,81,82)(H,83,84)/t68?,69-,70+,71+/m0/s1. The first-order chi connectivity index (χ1) is 45.1. The average molecular weight is 1380 g/mol. The minimum Gasteiger partial charge on any atom is -0.462 e. The Morgan fingerprint density at radius 2 is 0.511 bits per heavy atom. The lowest BCUT2D eigenvalue weighted by Crippen LogP contribution is -2.30. The van der Waals surface area contributed by atoms with Gasteiger partial charge >= 0.3 is 39.5 Å². The van der Waals surface area contributed by atoms with E-state index in [0.717, 1.165) is 108 Å². The molecule has 0 rings (SSSR count). The lowest BCUT2D eigenvalue weighted by molar-refractivity contribution is -0.161. The number of carbonyl (C=O) groups excluding carboxylic acids is 4. The Hall–Kier alpha value is -1.94. The van der Waals surface area contributed by atoms with Gasteiger partial charge in [-0.2, -0.15) is 0 Å². The third-order valence-electron chi connectivity index (χ3n) is 17.7. The quantitative estimate of drug-likeness (QED) is 0.0222. The molecule has 0 saturated heterocycles. The second-order valence-corrected chi connectivity index (χ2v) is 31.6. The molecule has 6 atom stereocenters. The maximum atomic E-state index is 13.0. The molecule has 0 radical (unpaired) electrons. The summed E-state index contributed by atoms with van der Waals surface area (Å²) in [6.45, 7) is 14.1. The van der Waals surface area contributed by atoms with E-state index in [1.54, 1.807) is 0 Å². The van der Waals surface area contributed by atoms with Crippen LogP contribution < -0.4 is 0 Å². The van der Waals surface area contributed by atoms with Crippen LogP contribution in [0.1, 0.15) is 376 Å². The van der Waals surface area contributed by atoms with Crippen LogP contribution in [0.15, 0.2) is 0 Å². The number of aliphatic hydroxyl groups excluding tert-OH is 1. The predicted octanol–water partition coefficient (Wildman–Crippen LogP) is 21.7. The summed E-state index contributed by atoms with van der Waals surface area (Å²) in [6.07, 6.45) is 49.1. The van der Waals surface area contributed by atoms with Gasteiger partial charge in [-0.15, -0.1) is 0 Å². The van der Waals surface area contributed by atoms with Crippen molar-refractivity contribution in [3.8, 4) is 0 Å². The van der Waals surface area contributed by atoms with Gasteiger partial charge in [0.25, 0.3) is 0 Å². The summed E-state index contributed by atoms with van der Waals surface area (Å²) in [6, 6.07) is 0. The summed E-state index contributed by atoms with van der Waals surface area (Å²) < 4.78 is 68.3. The molecule has 94 heavy (non-hydrogen) atoms. The van der Waals surface area contributed by atoms with Crippen molar-refractivity contribution in [3.05, 3.63) is 0 Å². The van der Waals surface area contributed by atoms with Crippen LogP contribution in [0.25, 0.3) is 0 Å². The summed E-state index contributed by atoms with van der Waals surface area (Å²) in [5.74, 6) is 0.857. The van der Waals surface area contributed by atoms with E-state index >= 15 is 0 Å². The number of phosphoric ester groups is 2. The highest BCUT2D eigenvalue weighted by atomic mass is 31.2. The summed E-state index contributed by atoms with van der Waals surface area (Å²) >= 11 is 0. The molecule has 19 heteroatoms. The number of phosphoric acid groups is 2. The van der Waals surface area contributed by atoms with Gasteiger partial charge < -0.3 is 33.8 Å². The lowest BCUT2D eigenvalue weighted by Gasteiger charge is -2.21. The molecule has 0 aromatic carbocycles. The first-order valence-electron chi connectivity index (χ1n) is 38.7. The van der Waals surface area contributed by atoms with Gasteiger partial charge in [0, 0.05) is 25.7 Å². The first-order valence-corrected chi connectivity index (χ1v) is 41.7. The van der Waals surface area contributed by atoms with Crippen LogP contribution in [0.5, 0.6) is 0 Å². The van der Waals surface area contributed by atoms with Crippen LogP contribution in [-0.4, -0.2) is 96.7 Å². The van der Waals surface area contributed by atoms with Gasteiger partial charge in [0.15, 0.2) is 12.2 Å². The molecule has 3 unspecified atom stereocenters. The molecule has 0 saturated carbocycles. The molecule has 0 aliphatic rings. The van der Waals surface area contributed by atoms with E-state index in [0.29, 0.717) is 37.5 Å². The smallest absolute Gasteiger partial charge is 0.462 e. The van der Waals surface area contributed by atoms with E-state index < -0.39 is 97.5 Å². The maximum Gasteiger partial charge on any atom is 0.472 e. The maximum absolute atomic E-state index is 13.0. The molecular weight excluding hydrogens is 1230 g/mol. The van der Waals surface area contributed by atoms with Gasteiger partial charge in [0.05, 0.1) is 26.4 Å². The van der Waals surface area contributed by atoms with Crippen LogP contribution in [0.2, 0.25) is 0 Å². The third-order valence-corrected chi connectivity index (χ3v) is 19.6. The van der Waals surface area contributed by atoms with Crippen molar-refractivity contribution >= 4 is 39.5 Å². The van der Waals surface area contributed by atoms with Crippen molar-refractivity contribution < 1.29 is 80.2 Å². The number of hydrogen-bond acceptors (Lipinski definition) is 15. The summed E-state index contributed by atoms with van der Waals surface area (Å²) in [5, 5.41) is 10.6. The van der Waals surface area contributed by atoms with Gasteiger partial charge in [-0.25, -0.2) is 9.13 Å². The number of rotatable bonds is 72. The lowest BCUT2D eigenvalue weighted by atomic mass is 9.99. The molecular formula is C75H146O17P2. The Kier molecular flexibility index (Phi) is 63.1. The average Bonchev–Trinajstić information content (AvgIpc) is 1.50. The SMILES string of the molecule is CCC(C)CCCCCCCCCCCCCCCCCCCCC(=O)OC[C@H](COP(=O)(O)OC[C@@H](O)COP(=O)(O)OC[C@@H](COC(=O)CCCCCCCCC(C)C)OC(=O)CCCCCCCCCCCCCC(C)C)OC(=O)CCCCCCCCC(C)C. The second kappa shape index (κ2) is 64.4.